The summed E-state index contributed by atoms with van der Waals surface area (Å²) in [4.78, 5) is 14.0. The van der Waals surface area contributed by atoms with Crippen LogP contribution in [-0.4, -0.2) is 111 Å². The number of benzene rings is 4. The molecule has 0 atom stereocenters. The zero-order valence-electron chi connectivity index (χ0n) is 37.0. The van der Waals surface area contributed by atoms with Gasteiger partial charge in [-0.3, -0.25) is 4.79 Å². The number of carbonyl (C=O) groups is 1. The Labute approximate surface area is 365 Å². The van der Waals surface area contributed by atoms with E-state index in [0.717, 1.165) is 11.1 Å². The van der Waals surface area contributed by atoms with Crippen molar-refractivity contribution in [3.8, 4) is 46.0 Å². The standard InChI is InChI=1S/C49H62O13/c1-48(2,3)37-10-14-42-45(33-37)61-29-21-53-16-24-56-40-12-8-35(31-43(40)59-27-19-52-18-26-58-42)47(50)36-7-11-39-44(32-36)60-28-20-54-22-30-62-46-34-38(49(4,5)6)9-13-41(46)57-25-17-51-15-23-55-39/h7-14,31-34H,15-30H2,1-6H3. The van der Waals surface area contributed by atoms with Crippen molar-refractivity contribution in [1.82, 2.24) is 0 Å². The lowest BCUT2D eigenvalue weighted by Gasteiger charge is -2.22. The van der Waals surface area contributed by atoms with Crippen LogP contribution in [0.1, 0.15) is 68.6 Å². The maximum atomic E-state index is 14.0. The van der Waals surface area contributed by atoms with Crippen LogP contribution in [0.15, 0.2) is 72.8 Å². The van der Waals surface area contributed by atoms with E-state index in [-0.39, 0.29) is 43.0 Å². The van der Waals surface area contributed by atoms with E-state index in [4.69, 9.17) is 56.8 Å². The smallest absolute Gasteiger partial charge is 0.193 e. The molecule has 62 heavy (non-hydrogen) atoms. The van der Waals surface area contributed by atoms with Crippen LogP contribution in [0.3, 0.4) is 0 Å². The molecule has 13 heteroatoms. The molecule has 0 aromatic heterocycles. The van der Waals surface area contributed by atoms with Gasteiger partial charge in [-0.2, -0.15) is 0 Å². The molecule has 2 aliphatic heterocycles. The van der Waals surface area contributed by atoms with Crippen molar-refractivity contribution >= 4 is 5.78 Å². The van der Waals surface area contributed by atoms with Crippen LogP contribution in [0.4, 0.5) is 0 Å². The SMILES string of the molecule is CC(C)(C)c1ccc2c(c1)OCCOCCOc1ccc(C(=O)c3ccc4c(c3)OCCOCCOc3cc(C(C)(C)C)ccc3OCCOCCO4)cc1OCCOCCO2. The highest BCUT2D eigenvalue weighted by atomic mass is 16.6. The van der Waals surface area contributed by atoms with E-state index in [1.54, 1.807) is 36.4 Å². The Morgan fingerprint density at radius 1 is 0.323 bits per heavy atom. The van der Waals surface area contributed by atoms with E-state index < -0.39 is 0 Å². The first-order chi connectivity index (χ1) is 30.0. The summed E-state index contributed by atoms with van der Waals surface area (Å²) in [6.07, 6.45) is 0. The van der Waals surface area contributed by atoms with Crippen LogP contribution in [0, 0.1) is 0 Å². The zero-order chi connectivity index (χ0) is 43.8. The molecule has 0 amide bonds. The summed E-state index contributed by atoms with van der Waals surface area (Å²) in [6.45, 7) is 17.9. The average Bonchev–Trinajstić information content (AvgIpc) is 3.24. The van der Waals surface area contributed by atoms with Gasteiger partial charge in [-0.25, -0.2) is 0 Å². The minimum atomic E-state index is -0.236. The van der Waals surface area contributed by atoms with Crippen LogP contribution < -0.4 is 37.9 Å². The fourth-order valence-electron chi connectivity index (χ4n) is 6.44. The van der Waals surface area contributed by atoms with Crippen molar-refractivity contribution in [3.63, 3.8) is 0 Å². The Morgan fingerprint density at radius 2 is 0.565 bits per heavy atom. The lowest BCUT2D eigenvalue weighted by molar-refractivity contribution is 0.0639. The van der Waals surface area contributed by atoms with Crippen LogP contribution in [0.5, 0.6) is 46.0 Å². The molecular formula is C49H62O13. The van der Waals surface area contributed by atoms with E-state index in [2.05, 4.69) is 53.7 Å². The van der Waals surface area contributed by atoms with Crippen molar-refractivity contribution in [2.24, 2.45) is 0 Å². The van der Waals surface area contributed by atoms with E-state index in [0.29, 0.717) is 136 Å². The molecule has 4 aromatic carbocycles. The summed E-state index contributed by atoms with van der Waals surface area (Å²) in [5.41, 5.74) is 3.00. The van der Waals surface area contributed by atoms with Gasteiger partial charge >= 0.3 is 0 Å². The Morgan fingerprint density at radius 3 is 0.839 bits per heavy atom. The van der Waals surface area contributed by atoms with Gasteiger partial charge in [0.25, 0.3) is 0 Å². The van der Waals surface area contributed by atoms with E-state index in [9.17, 15) is 4.79 Å². The molecule has 0 radical (unpaired) electrons. The van der Waals surface area contributed by atoms with Crippen LogP contribution >= 0.6 is 0 Å². The fraction of sp³-hybridized carbons (Fsp3) is 0.490. The van der Waals surface area contributed by atoms with E-state index in [1.165, 1.54) is 0 Å². The molecule has 0 unspecified atom stereocenters. The first-order valence-electron chi connectivity index (χ1n) is 21.4. The summed E-state index contributed by atoms with van der Waals surface area (Å²) < 4.78 is 71.9. The molecule has 0 aliphatic carbocycles. The van der Waals surface area contributed by atoms with Crippen LogP contribution in [-0.2, 0) is 29.8 Å². The first-order valence-corrected chi connectivity index (χ1v) is 21.4. The topological polar surface area (TPSA) is 128 Å². The minimum absolute atomic E-state index is 0.0405. The van der Waals surface area contributed by atoms with Gasteiger partial charge in [-0.1, -0.05) is 53.7 Å². The Kier molecular flexibility index (Phi) is 17.0. The molecule has 0 N–H and O–H groups in total. The highest BCUT2D eigenvalue weighted by molar-refractivity contribution is 6.09. The van der Waals surface area contributed by atoms with Gasteiger partial charge in [-0.05, 0) is 82.6 Å². The third kappa shape index (κ3) is 13.9. The summed E-state index contributed by atoms with van der Waals surface area (Å²) in [5.74, 6) is 4.16. The van der Waals surface area contributed by atoms with Gasteiger partial charge in [0.15, 0.2) is 51.8 Å². The zero-order valence-corrected chi connectivity index (χ0v) is 37.0. The monoisotopic (exact) mass is 858 g/mol. The summed E-state index contributed by atoms with van der Waals surface area (Å²) >= 11 is 0. The van der Waals surface area contributed by atoms with Gasteiger partial charge in [0.05, 0.1) is 52.9 Å². The summed E-state index contributed by atoms with van der Waals surface area (Å²) in [5, 5.41) is 0. The first kappa shape index (κ1) is 46.3. The molecule has 0 saturated heterocycles. The van der Waals surface area contributed by atoms with Crippen molar-refractivity contribution in [2.45, 2.75) is 52.4 Å². The third-order valence-electron chi connectivity index (χ3n) is 9.91. The average molecular weight is 859 g/mol. The molecule has 0 saturated carbocycles. The minimum Gasteiger partial charge on any atom is -0.487 e. The van der Waals surface area contributed by atoms with E-state index >= 15 is 0 Å². The Balaban J connectivity index is 1.08. The van der Waals surface area contributed by atoms with E-state index in [1.807, 2.05) is 24.3 Å². The molecule has 6 rings (SSSR count). The third-order valence-corrected chi connectivity index (χ3v) is 9.91. The highest BCUT2D eigenvalue weighted by Crippen LogP contribution is 2.36. The lowest BCUT2D eigenvalue weighted by Crippen LogP contribution is -2.16. The molecule has 4 aromatic rings. The number of carbonyl (C=O) groups excluding carboxylic acids is 1. The predicted molar refractivity (Wildman–Crippen MR) is 234 cm³/mol. The normalized spacial score (nSPS) is 17.0. The van der Waals surface area contributed by atoms with Crippen molar-refractivity contribution in [3.05, 3.63) is 95.1 Å². The number of hydrogen-bond acceptors (Lipinski definition) is 13. The number of ether oxygens (including phenoxy) is 12. The van der Waals surface area contributed by atoms with Crippen LogP contribution in [0.2, 0.25) is 0 Å². The van der Waals surface area contributed by atoms with Gasteiger partial charge in [0, 0.05) is 11.1 Å². The Bertz CT molecular complexity index is 2030. The maximum absolute atomic E-state index is 14.0. The molecular weight excluding hydrogens is 797 g/mol. The molecule has 0 fully saturated rings. The molecule has 0 spiro atoms. The van der Waals surface area contributed by atoms with Crippen LogP contribution in [0.25, 0.3) is 0 Å². The second kappa shape index (κ2) is 22.8. The number of ketones is 1. The van der Waals surface area contributed by atoms with Crippen molar-refractivity contribution in [1.29, 1.82) is 0 Å². The predicted octanol–water partition coefficient (Wildman–Crippen LogP) is 8.04. The van der Waals surface area contributed by atoms with Gasteiger partial charge in [0.1, 0.15) is 52.9 Å². The molecule has 2 heterocycles. The second-order valence-electron chi connectivity index (χ2n) is 16.7. The maximum Gasteiger partial charge on any atom is 0.193 e. The molecule has 0 bridgehead atoms. The number of hydrogen-bond donors (Lipinski definition) is 0. The number of fused-ring (bicyclic) bond motifs is 4. The van der Waals surface area contributed by atoms with Gasteiger partial charge < -0.3 is 56.8 Å². The summed E-state index contributed by atoms with van der Waals surface area (Å²) in [7, 11) is 0. The van der Waals surface area contributed by atoms with Crippen molar-refractivity contribution < 1.29 is 61.6 Å². The molecule has 2 aliphatic rings. The number of rotatable bonds is 2. The molecule has 336 valence electrons. The van der Waals surface area contributed by atoms with Gasteiger partial charge in [-0.15, -0.1) is 0 Å². The highest BCUT2D eigenvalue weighted by Gasteiger charge is 2.20. The molecule has 13 nitrogen and oxygen atoms in total. The quantitative estimate of drug-likeness (QED) is 0.181. The summed E-state index contributed by atoms with van der Waals surface area (Å²) in [6, 6.07) is 22.2. The lowest BCUT2D eigenvalue weighted by atomic mass is 9.87. The van der Waals surface area contributed by atoms with Gasteiger partial charge in [0.2, 0.25) is 0 Å². The largest absolute Gasteiger partial charge is 0.487 e. The second-order valence-corrected chi connectivity index (χ2v) is 16.7. The van der Waals surface area contributed by atoms with Crippen molar-refractivity contribution in [2.75, 3.05) is 106 Å². The Hall–Kier alpha value is -5.21. The fourth-order valence-corrected chi connectivity index (χ4v) is 6.44.